The topological polar surface area (TPSA) is 116 Å². The van der Waals surface area contributed by atoms with Crippen molar-refractivity contribution in [2.24, 2.45) is 0 Å². The second kappa shape index (κ2) is 12.9. The van der Waals surface area contributed by atoms with E-state index in [-0.39, 0.29) is 0 Å². The molecule has 3 N–H and O–H groups in total. The second-order valence-corrected chi connectivity index (χ2v) is 8.33. The molecule has 14 heteroatoms. The van der Waals surface area contributed by atoms with E-state index in [1.807, 2.05) is 0 Å². The molecule has 2 unspecified atom stereocenters. The highest BCUT2D eigenvalue weighted by atomic mass is 19.4. The molecule has 0 amide bonds. The van der Waals surface area contributed by atoms with Crippen LogP contribution in [0.4, 0.5) is 26.3 Å². The summed E-state index contributed by atoms with van der Waals surface area (Å²) < 4.78 is 69.4. The molecule has 8 nitrogen and oxygen atoms in total. The van der Waals surface area contributed by atoms with Gasteiger partial charge >= 0.3 is 24.3 Å². The monoisotopic (exact) mass is 527 g/mol. The number of halogens is 6. The molecular formula is C22H27F6N3O5. The van der Waals surface area contributed by atoms with E-state index in [1.165, 1.54) is 38.6 Å². The van der Waals surface area contributed by atoms with Crippen molar-refractivity contribution >= 4 is 23.0 Å². The number of ether oxygens (including phenoxy) is 1. The summed E-state index contributed by atoms with van der Waals surface area (Å²) in [5.74, 6) is -3.82. The third kappa shape index (κ3) is 9.64. The van der Waals surface area contributed by atoms with Crippen molar-refractivity contribution in [3.8, 4) is 0 Å². The fourth-order valence-corrected chi connectivity index (χ4v) is 3.85. The Hall–Kier alpha value is -2.87. The number of piperidine rings is 1. The highest BCUT2D eigenvalue weighted by Gasteiger charge is 2.38. The summed E-state index contributed by atoms with van der Waals surface area (Å²) in [5.41, 5.74) is 2.25. The third-order valence-corrected chi connectivity index (χ3v) is 5.52. The number of para-hydroxylation sites is 2. The van der Waals surface area contributed by atoms with Crippen molar-refractivity contribution in [2.45, 2.75) is 56.5 Å². The number of carbonyl (C=O) groups is 2. The second-order valence-electron chi connectivity index (χ2n) is 8.33. The molecule has 1 aromatic heterocycles. The van der Waals surface area contributed by atoms with E-state index < -0.39 is 24.3 Å². The molecule has 2 atom stereocenters. The summed E-state index contributed by atoms with van der Waals surface area (Å²) in [6, 6.07) is 8.33. The zero-order valence-electron chi connectivity index (χ0n) is 19.1. The molecule has 3 heterocycles. The first kappa shape index (κ1) is 29.4. The van der Waals surface area contributed by atoms with Gasteiger partial charge in [-0.05, 0) is 50.8 Å². The molecule has 2 saturated heterocycles. The molecule has 0 aliphatic carbocycles. The van der Waals surface area contributed by atoms with Crippen molar-refractivity contribution in [3.05, 3.63) is 30.1 Å². The fourth-order valence-electron chi connectivity index (χ4n) is 3.85. The zero-order valence-corrected chi connectivity index (χ0v) is 19.1. The molecule has 2 aromatic rings. The number of nitrogens with one attached hydrogen (secondary N) is 1. The van der Waals surface area contributed by atoms with Crippen molar-refractivity contribution < 1.29 is 50.9 Å². The highest BCUT2D eigenvalue weighted by Crippen LogP contribution is 2.27. The maximum Gasteiger partial charge on any atom is 0.490 e. The number of hydrogen-bond acceptors (Lipinski definition) is 5. The Bertz CT molecular complexity index is 931. The quantitative estimate of drug-likeness (QED) is 0.501. The molecule has 0 spiro atoms. The number of alkyl halides is 6. The van der Waals surface area contributed by atoms with Gasteiger partial charge in [0.15, 0.2) is 0 Å². The Morgan fingerprint density at radius 2 is 1.61 bits per heavy atom. The minimum Gasteiger partial charge on any atom is -0.475 e. The summed E-state index contributed by atoms with van der Waals surface area (Å²) >= 11 is 0. The van der Waals surface area contributed by atoms with Crippen LogP contribution in [0, 0.1) is 0 Å². The Morgan fingerprint density at radius 3 is 2.14 bits per heavy atom. The molecule has 202 valence electrons. The van der Waals surface area contributed by atoms with Crippen LogP contribution in [-0.4, -0.2) is 81.7 Å². The Kier molecular flexibility index (Phi) is 10.5. The van der Waals surface area contributed by atoms with Crippen molar-refractivity contribution in [1.82, 2.24) is 14.9 Å². The average molecular weight is 527 g/mol. The summed E-state index contributed by atoms with van der Waals surface area (Å²) in [7, 11) is 0. The molecular weight excluding hydrogens is 500 g/mol. The number of aromatic nitrogens is 2. The number of rotatable bonds is 3. The molecule has 1 aromatic carbocycles. The number of carboxylic acid groups (broad SMARTS) is 2. The maximum absolute atomic E-state index is 10.6. The van der Waals surface area contributed by atoms with Crippen LogP contribution in [0.2, 0.25) is 0 Å². The number of aliphatic carboxylic acids is 2. The van der Waals surface area contributed by atoms with Gasteiger partial charge in [0.25, 0.3) is 0 Å². The van der Waals surface area contributed by atoms with Crippen LogP contribution >= 0.6 is 0 Å². The van der Waals surface area contributed by atoms with E-state index in [1.54, 1.807) is 0 Å². The van der Waals surface area contributed by atoms with Crippen molar-refractivity contribution in [3.63, 3.8) is 0 Å². The molecule has 2 aliphatic rings. The largest absolute Gasteiger partial charge is 0.490 e. The van der Waals surface area contributed by atoms with Gasteiger partial charge in [-0.2, -0.15) is 26.3 Å². The average Bonchev–Trinajstić information content (AvgIpc) is 3.24. The number of fused-ring (bicyclic) bond motifs is 1. The van der Waals surface area contributed by atoms with Gasteiger partial charge in [0.1, 0.15) is 5.82 Å². The minimum atomic E-state index is -5.08. The summed E-state index contributed by atoms with van der Waals surface area (Å²) in [6.07, 6.45) is -3.44. The van der Waals surface area contributed by atoms with E-state index in [9.17, 15) is 26.3 Å². The van der Waals surface area contributed by atoms with Crippen LogP contribution in [0.1, 0.15) is 43.8 Å². The lowest BCUT2D eigenvalue weighted by atomic mass is 9.96. The van der Waals surface area contributed by atoms with E-state index >= 15 is 0 Å². The Morgan fingerprint density at radius 1 is 1.00 bits per heavy atom. The lowest BCUT2D eigenvalue weighted by molar-refractivity contribution is -0.193. The molecule has 2 aliphatic heterocycles. The van der Waals surface area contributed by atoms with Gasteiger partial charge in [-0.15, -0.1) is 0 Å². The van der Waals surface area contributed by atoms with Gasteiger partial charge in [0.2, 0.25) is 0 Å². The van der Waals surface area contributed by atoms with Crippen LogP contribution in [0.5, 0.6) is 0 Å². The van der Waals surface area contributed by atoms with Crippen molar-refractivity contribution in [1.29, 1.82) is 0 Å². The van der Waals surface area contributed by atoms with Gasteiger partial charge in [-0.3, -0.25) is 0 Å². The first-order valence-electron chi connectivity index (χ1n) is 11.2. The lowest BCUT2D eigenvalue weighted by Gasteiger charge is -2.35. The molecule has 36 heavy (non-hydrogen) atoms. The Balaban J connectivity index is 0.000000271. The van der Waals surface area contributed by atoms with Gasteiger partial charge in [0, 0.05) is 25.6 Å². The maximum atomic E-state index is 10.6. The number of nitrogens with zero attached hydrogens (tertiary/aromatic N) is 2. The fraction of sp³-hybridized carbons (Fsp3) is 0.591. The minimum absolute atomic E-state index is 0.447. The van der Waals surface area contributed by atoms with E-state index in [4.69, 9.17) is 29.5 Å². The molecule has 4 rings (SSSR count). The SMILES string of the molecule is O=C(O)C(F)(F)F.O=C(O)C(F)(F)F.c1ccc2[nH]c(C3CCCN(CC4CCCCO4)C3)nc2c1. The van der Waals surface area contributed by atoms with Crippen LogP contribution in [0.25, 0.3) is 11.0 Å². The smallest absolute Gasteiger partial charge is 0.475 e. The molecule has 0 bridgehead atoms. The lowest BCUT2D eigenvalue weighted by Crippen LogP contribution is -2.41. The summed E-state index contributed by atoms with van der Waals surface area (Å²) in [4.78, 5) is 28.7. The zero-order chi connectivity index (χ0) is 26.9. The number of hydrogen-bond donors (Lipinski definition) is 3. The van der Waals surface area contributed by atoms with Crippen molar-refractivity contribution in [2.75, 3.05) is 26.2 Å². The first-order valence-corrected chi connectivity index (χ1v) is 11.2. The van der Waals surface area contributed by atoms with E-state index in [0.717, 1.165) is 36.6 Å². The van der Waals surface area contributed by atoms with Gasteiger partial charge in [-0.1, -0.05) is 12.1 Å². The summed E-state index contributed by atoms with van der Waals surface area (Å²) in [6.45, 7) is 4.36. The standard InChI is InChI=1S/C18H25N3O.2C2HF3O2/c1-2-9-17-16(8-1)19-18(20-17)14-6-5-10-21(12-14)13-15-7-3-4-11-22-15;2*3-2(4,5)1(6)7/h1-2,8-9,14-15H,3-7,10-13H2,(H,19,20);2*(H,6,7). The number of aromatic amines is 1. The van der Waals surface area contributed by atoms with Crippen LogP contribution in [0.3, 0.4) is 0 Å². The number of carboxylic acids is 2. The highest BCUT2D eigenvalue weighted by molar-refractivity contribution is 5.75. The number of benzene rings is 1. The van der Waals surface area contributed by atoms with Crippen LogP contribution in [-0.2, 0) is 14.3 Å². The predicted octanol–water partition coefficient (Wildman–Crippen LogP) is 4.58. The van der Waals surface area contributed by atoms with Gasteiger partial charge < -0.3 is 24.8 Å². The van der Waals surface area contributed by atoms with Crippen LogP contribution in [0.15, 0.2) is 24.3 Å². The van der Waals surface area contributed by atoms with E-state index in [0.29, 0.717) is 12.0 Å². The summed E-state index contributed by atoms with van der Waals surface area (Å²) in [5, 5.41) is 14.2. The predicted molar refractivity (Wildman–Crippen MR) is 115 cm³/mol. The van der Waals surface area contributed by atoms with E-state index in [2.05, 4.69) is 34.1 Å². The number of imidazole rings is 1. The van der Waals surface area contributed by atoms with Gasteiger partial charge in [-0.25, -0.2) is 14.6 Å². The number of H-pyrrole nitrogens is 1. The normalized spacial score (nSPS) is 21.1. The Labute approximate surface area is 202 Å². The number of likely N-dealkylation sites (tertiary alicyclic amines) is 1. The molecule has 0 saturated carbocycles. The molecule has 0 radical (unpaired) electrons. The first-order chi connectivity index (χ1) is 16.8. The van der Waals surface area contributed by atoms with Crippen LogP contribution < -0.4 is 0 Å². The van der Waals surface area contributed by atoms with Gasteiger partial charge in [0.05, 0.1) is 17.1 Å². The molecule has 2 fully saturated rings. The third-order valence-electron chi connectivity index (χ3n) is 5.52.